The zero-order chi connectivity index (χ0) is 19.9. The number of methoxy groups -OCH3 is 1. The van der Waals surface area contributed by atoms with E-state index in [0.717, 1.165) is 16.2 Å². The highest BCUT2D eigenvalue weighted by Gasteiger charge is 2.68. The van der Waals surface area contributed by atoms with Crippen LogP contribution in [0.25, 0.3) is 6.08 Å². The first-order valence-electron chi connectivity index (χ1n) is 8.88. The Labute approximate surface area is 158 Å². The summed E-state index contributed by atoms with van der Waals surface area (Å²) in [4.78, 5) is 38.6. The van der Waals surface area contributed by atoms with Gasteiger partial charge in [0.15, 0.2) is 0 Å². The Bertz CT molecular complexity index is 801. The maximum Gasteiger partial charge on any atom is 0.325 e. The molecule has 2 amide bonds. The van der Waals surface area contributed by atoms with E-state index in [1.807, 2.05) is 30.3 Å². The molecule has 2 N–H and O–H groups in total. The minimum atomic E-state index is -1.48. The number of benzene rings is 1. The molecule has 2 aliphatic heterocycles. The number of likely N-dealkylation sites (tertiary alicyclic amines) is 1. The summed E-state index contributed by atoms with van der Waals surface area (Å²) in [6.07, 6.45) is 3.60. The summed E-state index contributed by atoms with van der Waals surface area (Å²) in [7, 11) is 3.00. The van der Waals surface area contributed by atoms with Crippen LogP contribution in [0.1, 0.15) is 19.4 Å². The van der Waals surface area contributed by atoms with Gasteiger partial charge in [0.2, 0.25) is 11.8 Å². The predicted molar refractivity (Wildman–Crippen MR) is 98.9 cm³/mol. The Morgan fingerprint density at radius 2 is 1.89 bits per heavy atom. The largest absolute Gasteiger partial charge is 0.497 e. The fourth-order valence-corrected chi connectivity index (χ4v) is 4.20. The average molecular weight is 372 g/mol. The number of hydrogen-bond acceptors (Lipinski definition) is 5. The van der Waals surface area contributed by atoms with E-state index in [1.165, 1.54) is 7.05 Å². The molecule has 2 fully saturated rings. The number of carboxylic acid groups (broad SMARTS) is 1. The molecule has 0 saturated carbocycles. The van der Waals surface area contributed by atoms with E-state index in [4.69, 9.17) is 4.74 Å². The van der Waals surface area contributed by atoms with Gasteiger partial charge in [0.25, 0.3) is 0 Å². The molecule has 2 aliphatic rings. The number of carbonyl (C=O) groups excluding carboxylic acids is 2. The normalized spacial score (nSPS) is 30.4. The highest BCUT2D eigenvalue weighted by Crippen LogP contribution is 2.46. The number of fused-ring (bicyclic) bond motifs is 1. The van der Waals surface area contributed by atoms with Crippen LogP contribution in [0, 0.1) is 17.8 Å². The van der Waals surface area contributed by atoms with Crippen molar-refractivity contribution in [1.82, 2.24) is 10.2 Å². The van der Waals surface area contributed by atoms with Crippen LogP contribution >= 0.6 is 0 Å². The fourth-order valence-electron chi connectivity index (χ4n) is 4.20. The number of hydrogen-bond donors (Lipinski definition) is 2. The van der Waals surface area contributed by atoms with Crippen molar-refractivity contribution in [3.8, 4) is 5.75 Å². The number of aliphatic carboxylic acids is 1. The lowest BCUT2D eigenvalue weighted by atomic mass is 9.73. The number of rotatable bonds is 5. The van der Waals surface area contributed by atoms with Gasteiger partial charge in [0.05, 0.1) is 18.9 Å². The Balaban J connectivity index is 1.98. The summed E-state index contributed by atoms with van der Waals surface area (Å²) in [5.41, 5.74) is -0.589. The number of ether oxygens (including phenoxy) is 1. The average Bonchev–Trinajstić information content (AvgIpc) is 3.11. The number of amides is 2. The smallest absolute Gasteiger partial charge is 0.325 e. The highest BCUT2D eigenvalue weighted by molar-refractivity contribution is 6.09. The van der Waals surface area contributed by atoms with Gasteiger partial charge in [-0.3, -0.25) is 24.6 Å². The number of nitrogens with zero attached hydrogens (tertiary/aromatic N) is 1. The zero-order valence-corrected chi connectivity index (χ0v) is 15.8. The molecule has 0 radical (unpaired) electrons. The lowest BCUT2D eigenvalue weighted by Gasteiger charge is -2.34. The molecule has 0 aliphatic carbocycles. The molecule has 7 nitrogen and oxygen atoms in total. The number of imide groups is 1. The highest BCUT2D eigenvalue weighted by atomic mass is 16.5. The molecular weight excluding hydrogens is 348 g/mol. The lowest BCUT2D eigenvalue weighted by molar-refractivity contribution is -0.153. The minimum absolute atomic E-state index is 0.342. The summed E-state index contributed by atoms with van der Waals surface area (Å²) in [6.45, 7) is 3.51. The summed E-state index contributed by atoms with van der Waals surface area (Å²) >= 11 is 0. The third-order valence-corrected chi connectivity index (χ3v) is 5.73. The summed E-state index contributed by atoms with van der Waals surface area (Å²) in [6, 6.07) is 6.82. The zero-order valence-electron chi connectivity index (χ0n) is 15.8. The van der Waals surface area contributed by atoms with Crippen LogP contribution < -0.4 is 10.1 Å². The number of carboxylic acids is 1. The molecule has 27 heavy (non-hydrogen) atoms. The summed E-state index contributed by atoms with van der Waals surface area (Å²) < 4.78 is 5.13. The molecule has 4 unspecified atom stereocenters. The molecule has 3 rings (SSSR count). The van der Waals surface area contributed by atoms with E-state index in [2.05, 4.69) is 5.32 Å². The topological polar surface area (TPSA) is 95.9 Å². The van der Waals surface area contributed by atoms with Crippen LogP contribution in [0.3, 0.4) is 0 Å². The van der Waals surface area contributed by atoms with Gasteiger partial charge in [-0.25, -0.2) is 0 Å². The number of nitrogens with one attached hydrogen (secondary N) is 1. The molecule has 0 spiro atoms. The third-order valence-electron chi connectivity index (χ3n) is 5.73. The van der Waals surface area contributed by atoms with Gasteiger partial charge in [-0.15, -0.1) is 0 Å². The second-order valence-corrected chi connectivity index (χ2v) is 7.37. The quantitative estimate of drug-likeness (QED) is 0.759. The monoisotopic (exact) mass is 372 g/mol. The van der Waals surface area contributed by atoms with Crippen LogP contribution in [-0.4, -0.2) is 53.5 Å². The lowest BCUT2D eigenvalue weighted by Crippen LogP contribution is -2.59. The molecule has 0 bridgehead atoms. The van der Waals surface area contributed by atoms with Crippen molar-refractivity contribution in [3.63, 3.8) is 0 Å². The van der Waals surface area contributed by atoms with E-state index < -0.39 is 35.3 Å². The van der Waals surface area contributed by atoms with Crippen LogP contribution in [0.5, 0.6) is 5.75 Å². The molecule has 2 saturated heterocycles. The third kappa shape index (κ3) is 2.82. The maximum atomic E-state index is 12.7. The minimum Gasteiger partial charge on any atom is -0.497 e. The summed E-state index contributed by atoms with van der Waals surface area (Å²) in [5, 5.41) is 13.0. The van der Waals surface area contributed by atoms with E-state index in [9.17, 15) is 19.5 Å². The molecule has 4 atom stereocenters. The molecular formula is C20H24N2O5. The first-order chi connectivity index (χ1) is 12.7. The predicted octanol–water partition coefficient (Wildman–Crippen LogP) is 1.39. The molecule has 0 aromatic heterocycles. The second kappa shape index (κ2) is 6.81. The second-order valence-electron chi connectivity index (χ2n) is 7.37. The molecule has 2 heterocycles. The number of carbonyl (C=O) groups is 3. The van der Waals surface area contributed by atoms with Gasteiger partial charge in [-0.05, 0) is 23.6 Å². The van der Waals surface area contributed by atoms with Gasteiger partial charge in [0, 0.05) is 13.1 Å². The van der Waals surface area contributed by atoms with Crippen molar-refractivity contribution in [2.45, 2.75) is 25.4 Å². The Hall–Kier alpha value is -2.67. The maximum absolute atomic E-state index is 12.7. The van der Waals surface area contributed by atoms with Crippen molar-refractivity contribution < 1.29 is 24.2 Å². The van der Waals surface area contributed by atoms with Gasteiger partial charge in [-0.2, -0.15) is 0 Å². The van der Waals surface area contributed by atoms with E-state index in [0.29, 0.717) is 0 Å². The molecule has 7 heteroatoms. The van der Waals surface area contributed by atoms with Gasteiger partial charge >= 0.3 is 5.97 Å². The van der Waals surface area contributed by atoms with Crippen molar-refractivity contribution in [3.05, 3.63) is 35.9 Å². The van der Waals surface area contributed by atoms with E-state index >= 15 is 0 Å². The first kappa shape index (κ1) is 19.1. The Kier molecular flexibility index (Phi) is 4.82. The molecule has 144 valence electrons. The first-order valence-corrected chi connectivity index (χ1v) is 8.88. The fraction of sp³-hybridized carbons (Fsp3) is 0.450. The standard InChI is InChI=1S/C20H24N2O5/c1-11(2)20(19(25)26)16-15(17(23)22(3)18(16)24)14(21-20)10-7-12-5-8-13(27-4)9-6-12/h5-11,14-16,21H,1-4H3,(H,25,26)/b10-7-. The van der Waals surface area contributed by atoms with Crippen LogP contribution in [0.4, 0.5) is 0 Å². The van der Waals surface area contributed by atoms with E-state index in [1.54, 1.807) is 27.0 Å². The van der Waals surface area contributed by atoms with Crippen molar-refractivity contribution in [2.75, 3.05) is 14.2 Å². The van der Waals surface area contributed by atoms with Crippen LogP contribution in [-0.2, 0) is 14.4 Å². The van der Waals surface area contributed by atoms with Crippen LogP contribution in [0.2, 0.25) is 0 Å². The van der Waals surface area contributed by atoms with Crippen molar-refractivity contribution >= 4 is 23.9 Å². The Morgan fingerprint density at radius 3 is 2.41 bits per heavy atom. The Morgan fingerprint density at radius 1 is 1.26 bits per heavy atom. The van der Waals surface area contributed by atoms with Crippen LogP contribution in [0.15, 0.2) is 30.3 Å². The SMILES string of the molecule is COc1ccc(/C=C\C2NC(C(=O)O)(C(C)C)C3C(=O)N(C)C(=O)C23)cc1. The summed E-state index contributed by atoms with van der Waals surface area (Å²) in [5.74, 6) is -3.17. The van der Waals surface area contributed by atoms with E-state index in [-0.39, 0.29) is 11.8 Å². The van der Waals surface area contributed by atoms with Crippen molar-refractivity contribution in [1.29, 1.82) is 0 Å². The molecule has 1 aromatic carbocycles. The van der Waals surface area contributed by atoms with Gasteiger partial charge < -0.3 is 9.84 Å². The molecule has 1 aromatic rings. The van der Waals surface area contributed by atoms with Crippen molar-refractivity contribution in [2.24, 2.45) is 17.8 Å². The van der Waals surface area contributed by atoms with Gasteiger partial charge in [0.1, 0.15) is 11.3 Å². The van der Waals surface area contributed by atoms with Gasteiger partial charge in [-0.1, -0.05) is 38.1 Å².